The van der Waals surface area contributed by atoms with Crippen molar-refractivity contribution in [2.75, 3.05) is 24.5 Å². The highest BCUT2D eigenvalue weighted by atomic mass is 35.5. The molecule has 3 aromatic heterocycles. The minimum absolute atomic E-state index is 0.00829. The van der Waals surface area contributed by atoms with Crippen LogP contribution in [0.25, 0.3) is 22.3 Å². The number of aromatic nitrogens is 5. The van der Waals surface area contributed by atoms with E-state index in [1.165, 1.54) is 0 Å². The average Bonchev–Trinajstić information content (AvgIpc) is 3.53. The normalized spacial score (nSPS) is 20.9. The zero-order chi connectivity index (χ0) is 24.8. The van der Waals surface area contributed by atoms with Gasteiger partial charge in [-0.1, -0.05) is 11.6 Å². The molecule has 11 heteroatoms. The van der Waals surface area contributed by atoms with E-state index in [1.807, 2.05) is 0 Å². The zero-order valence-corrected chi connectivity index (χ0v) is 20.0. The first-order chi connectivity index (χ1) is 17.5. The molecule has 2 saturated heterocycles. The molecule has 0 aliphatic carbocycles. The first kappa shape index (κ1) is 23.2. The van der Waals surface area contributed by atoms with Crippen molar-refractivity contribution in [2.45, 2.75) is 37.5 Å². The van der Waals surface area contributed by atoms with Gasteiger partial charge in [-0.05, 0) is 56.3 Å². The van der Waals surface area contributed by atoms with Crippen LogP contribution in [0.2, 0.25) is 5.02 Å². The summed E-state index contributed by atoms with van der Waals surface area (Å²) in [6.07, 6.45) is 3.89. The van der Waals surface area contributed by atoms with Gasteiger partial charge in [0.1, 0.15) is 34.8 Å². The van der Waals surface area contributed by atoms with Crippen LogP contribution in [0.15, 0.2) is 42.7 Å². The number of halogens is 4. The maximum Gasteiger partial charge on any atom is 0.130 e. The molecule has 0 saturated carbocycles. The van der Waals surface area contributed by atoms with Crippen molar-refractivity contribution in [3.63, 3.8) is 0 Å². The smallest absolute Gasteiger partial charge is 0.130 e. The highest BCUT2D eigenvalue weighted by Gasteiger charge is 2.36. The number of alkyl halides is 1. The zero-order valence-electron chi connectivity index (χ0n) is 19.2. The van der Waals surface area contributed by atoms with Crippen LogP contribution in [0.5, 0.6) is 0 Å². The van der Waals surface area contributed by atoms with Gasteiger partial charge in [0, 0.05) is 18.2 Å². The standard InChI is InChI=1S/C25H23ClF3N7/c26-18-11-31-20-3-4-23(35-13-15(28)10-22(35)17-9-14(27)1-2-19(17)29)33-25(20)24(18)21-12-32-36(34-21)16-5-7-30-8-6-16/h1-4,9,11-12,15-16,22,30H,5-8,10,13H2/t15-,22+/m0/s1. The van der Waals surface area contributed by atoms with E-state index < -0.39 is 23.8 Å². The van der Waals surface area contributed by atoms with Gasteiger partial charge in [0.2, 0.25) is 0 Å². The predicted octanol–water partition coefficient (Wildman–Crippen LogP) is 5.03. The van der Waals surface area contributed by atoms with Gasteiger partial charge in [0.25, 0.3) is 0 Å². The van der Waals surface area contributed by atoms with Gasteiger partial charge in [-0.15, -0.1) is 0 Å². The number of rotatable bonds is 4. The molecule has 0 spiro atoms. The fourth-order valence-electron chi connectivity index (χ4n) is 5.14. The van der Waals surface area contributed by atoms with Gasteiger partial charge < -0.3 is 10.2 Å². The third-order valence-electron chi connectivity index (χ3n) is 6.91. The van der Waals surface area contributed by atoms with Crippen LogP contribution in [0.3, 0.4) is 0 Å². The molecule has 2 atom stereocenters. The maximum atomic E-state index is 14.6. The summed E-state index contributed by atoms with van der Waals surface area (Å²) in [6.45, 7) is 1.82. The van der Waals surface area contributed by atoms with Crippen molar-refractivity contribution in [3.8, 4) is 11.3 Å². The van der Waals surface area contributed by atoms with Gasteiger partial charge in [-0.2, -0.15) is 15.0 Å². The van der Waals surface area contributed by atoms with E-state index in [0.29, 0.717) is 33.1 Å². The van der Waals surface area contributed by atoms with Crippen LogP contribution in [0.1, 0.15) is 36.9 Å². The van der Waals surface area contributed by atoms with E-state index in [9.17, 15) is 13.2 Å². The lowest BCUT2D eigenvalue weighted by atomic mass is 10.0. The van der Waals surface area contributed by atoms with Crippen molar-refractivity contribution in [2.24, 2.45) is 0 Å². The van der Waals surface area contributed by atoms with Crippen molar-refractivity contribution < 1.29 is 13.2 Å². The summed E-state index contributed by atoms with van der Waals surface area (Å²) < 4.78 is 43.1. The number of nitrogens with zero attached hydrogens (tertiary/aromatic N) is 6. The summed E-state index contributed by atoms with van der Waals surface area (Å²) in [5.41, 5.74) is 2.31. The molecule has 2 fully saturated rings. The molecule has 2 aliphatic rings. The second kappa shape index (κ2) is 9.33. The largest absolute Gasteiger partial charge is 0.346 e. The number of piperidine rings is 1. The summed E-state index contributed by atoms with van der Waals surface area (Å²) >= 11 is 6.58. The van der Waals surface area contributed by atoms with E-state index in [1.54, 1.807) is 34.2 Å². The van der Waals surface area contributed by atoms with Crippen molar-refractivity contribution in [1.29, 1.82) is 0 Å². The van der Waals surface area contributed by atoms with Crippen LogP contribution >= 0.6 is 11.6 Å². The Hall–Kier alpha value is -3.24. The average molecular weight is 514 g/mol. The van der Waals surface area contributed by atoms with E-state index in [-0.39, 0.29) is 24.6 Å². The van der Waals surface area contributed by atoms with Crippen molar-refractivity contribution in [3.05, 3.63) is 64.9 Å². The lowest BCUT2D eigenvalue weighted by Gasteiger charge is -2.26. The van der Waals surface area contributed by atoms with E-state index in [4.69, 9.17) is 21.7 Å². The molecular formula is C25H23ClF3N7. The van der Waals surface area contributed by atoms with Crippen LogP contribution in [-0.4, -0.2) is 50.8 Å². The fourth-order valence-corrected chi connectivity index (χ4v) is 5.38. The third kappa shape index (κ3) is 4.18. The molecule has 2 aliphatic heterocycles. The van der Waals surface area contributed by atoms with Gasteiger partial charge in [-0.25, -0.2) is 18.2 Å². The Morgan fingerprint density at radius 2 is 1.89 bits per heavy atom. The van der Waals surface area contributed by atoms with Crippen LogP contribution in [-0.2, 0) is 0 Å². The minimum Gasteiger partial charge on any atom is -0.346 e. The molecule has 5 heterocycles. The van der Waals surface area contributed by atoms with Gasteiger partial charge in [-0.3, -0.25) is 4.98 Å². The summed E-state index contributed by atoms with van der Waals surface area (Å²) in [7, 11) is 0. The van der Waals surface area contributed by atoms with Gasteiger partial charge in [0.05, 0.1) is 40.9 Å². The van der Waals surface area contributed by atoms with Crippen molar-refractivity contribution in [1.82, 2.24) is 30.3 Å². The second-order valence-corrected chi connectivity index (χ2v) is 9.62. The number of pyridine rings is 2. The number of anilines is 1. The van der Waals surface area contributed by atoms with E-state index in [2.05, 4.69) is 15.4 Å². The SMILES string of the molecule is Fc1ccc(F)c([C@H]2C[C@H](F)CN2c2ccc3ncc(Cl)c(-c4cnn(C5CCNCC5)n4)c3n2)c1. The topological polar surface area (TPSA) is 71.8 Å². The summed E-state index contributed by atoms with van der Waals surface area (Å²) in [6, 6.07) is 6.21. The van der Waals surface area contributed by atoms with Crippen LogP contribution in [0.4, 0.5) is 19.0 Å². The molecule has 6 rings (SSSR count). The molecule has 7 nitrogen and oxygen atoms in total. The molecule has 1 N–H and O–H groups in total. The Labute approximate surface area is 210 Å². The molecule has 186 valence electrons. The van der Waals surface area contributed by atoms with Gasteiger partial charge in [0.15, 0.2) is 0 Å². The van der Waals surface area contributed by atoms with E-state index >= 15 is 0 Å². The van der Waals surface area contributed by atoms with Crippen molar-refractivity contribution >= 4 is 28.5 Å². The molecule has 0 amide bonds. The first-order valence-corrected chi connectivity index (χ1v) is 12.3. The Kier molecular flexibility index (Phi) is 6.00. The number of nitrogens with one attached hydrogen (secondary N) is 1. The number of hydrogen-bond acceptors (Lipinski definition) is 6. The highest BCUT2D eigenvalue weighted by Crippen LogP contribution is 2.40. The fraction of sp³-hybridized carbons (Fsp3) is 0.360. The number of benzene rings is 1. The molecule has 4 aromatic rings. The first-order valence-electron chi connectivity index (χ1n) is 11.9. The Balaban J connectivity index is 1.42. The molecule has 36 heavy (non-hydrogen) atoms. The third-order valence-corrected chi connectivity index (χ3v) is 7.20. The number of hydrogen-bond donors (Lipinski definition) is 1. The molecule has 1 aromatic carbocycles. The monoisotopic (exact) mass is 513 g/mol. The predicted molar refractivity (Wildman–Crippen MR) is 131 cm³/mol. The summed E-state index contributed by atoms with van der Waals surface area (Å²) in [5.74, 6) is -0.733. The Bertz CT molecular complexity index is 1420. The van der Waals surface area contributed by atoms with Gasteiger partial charge >= 0.3 is 0 Å². The molecule has 0 unspecified atom stereocenters. The Morgan fingerprint density at radius 3 is 2.72 bits per heavy atom. The lowest BCUT2D eigenvalue weighted by Crippen LogP contribution is -2.30. The Morgan fingerprint density at radius 1 is 1.06 bits per heavy atom. The highest BCUT2D eigenvalue weighted by molar-refractivity contribution is 6.34. The lowest BCUT2D eigenvalue weighted by molar-refractivity contribution is 0.314. The molecule has 0 radical (unpaired) electrons. The maximum absolute atomic E-state index is 14.6. The molecular weight excluding hydrogens is 491 g/mol. The minimum atomic E-state index is -1.21. The van der Waals surface area contributed by atoms with E-state index in [0.717, 1.165) is 44.1 Å². The second-order valence-electron chi connectivity index (χ2n) is 9.22. The summed E-state index contributed by atoms with van der Waals surface area (Å²) in [5, 5.41) is 12.9. The van der Waals surface area contributed by atoms with Crippen LogP contribution < -0.4 is 10.2 Å². The quantitative estimate of drug-likeness (QED) is 0.412. The van der Waals surface area contributed by atoms with Crippen LogP contribution in [0, 0.1) is 11.6 Å². The number of fused-ring (bicyclic) bond motifs is 1. The molecule has 0 bridgehead atoms. The summed E-state index contributed by atoms with van der Waals surface area (Å²) in [4.78, 5) is 12.6.